The molecule has 7 nitrogen and oxygen atoms in total. The van der Waals surface area contributed by atoms with E-state index in [1.54, 1.807) is 6.20 Å². The number of hydrogen-bond donors (Lipinski definition) is 0. The molecule has 4 aliphatic carbocycles. The zero-order chi connectivity index (χ0) is 27.2. The van der Waals surface area contributed by atoms with E-state index in [1.807, 2.05) is 26.0 Å². The minimum Gasteiger partial charge on any atom is -0.477 e. The van der Waals surface area contributed by atoms with Crippen molar-refractivity contribution in [2.75, 3.05) is 13.2 Å². The highest BCUT2D eigenvalue weighted by Gasteiger charge is 2.79. The number of pyridine rings is 1. The Bertz CT molecular complexity index is 1430. The summed E-state index contributed by atoms with van der Waals surface area (Å²) in [6.45, 7) is 7.16. The molecule has 8 rings (SSSR count). The Morgan fingerprint density at radius 2 is 1.77 bits per heavy atom. The fraction of sp³-hybridized carbons (Fsp3) is 0.621. The van der Waals surface area contributed by atoms with E-state index >= 15 is 0 Å². The first-order valence-corrected chi connectivity index (χ1v) is 13.8. The Morgan fingerprint density at radius 3 is 2.44 bits per heavy atom. The molecule has 206 valence electrons. The molecule has 4 heterocycles. The predicted octanol–water partition coefficient (Wildman–Crippen LogP) is 6.23. The van der Waals surface area contributed by atoms with Gasteiger partial charge in [0, 0.05) is 35.6 Å². The van der Waals surface area contributed by atoms with Gasteiger partial charge in [0.2, 0.25) is 5.88 Å². The van der Waals surface area contributed by atoms with Crippen LogP contribution in [0.5, 0.6) is 5.88 Å². The number of rotatable bonds is 6. The van der Waals surface area contributed by atoms with Crippen LogP contribution in [0.4, 0.5) is 13.2 Å². The van der Waals surface area contributed by atoms with Crippen molar-refractivity contribution in [1.82, 2.24) is 24.9 Å². The Kier molecular flexibility index (Phi) is 5.35. The number of aromatic nitrogens is 5. The summed E-state index contributed by atoms with van der Waals surface area (Å²) in [6.07, 6.45) is 1.42. The summed E-state index contributed by atoms with van der Waals surface area (Å²) in [4.78, 5) is 23.7. The molecule has 2 bridgehead atoms. The number of hydrogen-bond acceptors (Lipinski definition) is 7. The highest BCUT2D eigenvalue weighted by Crippen LogP contribution is 2.78. The van der Waals surface area contributed by atoms with Crippen molar-refractivity contribution in [3.8, 4) is 5.88 Å². The molecule has 1 saturated heterocycles. The van der Waals surface area contributed by atoms with Crippen molar-refractivity contribution in [2.24, 2.45) is 10.8 Å². The van der Waals surface area contributed by atoms with Crippen molar-refractivity contribution < 1.29 is 22.6 Å². The fourth-order valence-corrected chi connectivity index (χ4v) is 6.56. The summed E-state index contributed by atoms with van der Waals surface area (Å²) in [7, 11) is 0. The lowest BCUT2D eigenvalue weighted by molar-refractivity contribution is -0.337. The van der Waals surface area contributed by atoms with Crippen LogP contribution in [0.15, 0.2) is 18.3 Å². The van der Waals surface area contributed by atoms with E-state index in [-0.39, 0.29) is 36.7 Å². The van der Waals surface area contributed by atoms with Crippen molar-refractivity contribution >= 4 is 11.2 Å². The minimum atomic E-state index is -4.18. The van der Waals surface area contributed by atoms with Gasteiger partial charge in [0.05, 0.1) is 35.2 Å². The van der Waals surface area contributed by atoms with Crippen LogP contribution < -0.4 is 4.74 Å². The lowest BCUT2D eigenvalue weighted by atomic mass is 9.34. The summed E-state index contributed by atoms with van der Waals surface area (Å²) in [5, 5.41) is 0. The summed E-state index contributed by atoms with van der Waals surface area (Å²) < 4.78 is 52.9. The smallest absolute Gasteiger partial charge is 0.394 e. The van der Waals surface area contributed by atoms with E-state index in [4.69, 9.17) is 24.4 Å². The van der Waals surface area contributed by atoms with Crippen LogP contribution in [0.1, 0.15) is 92.4 Å². The van der Waals surface area contributed by atoms with Gasteiger partial charge in [-0.3, -0.25) is 0 Å². The zero-order valence-electron chi connectivity index (χ0n) is 22.4. The highest BCUT2D eigenvalue weighted by atomic mass is 19.4. The molecule has 10 heteroatoms. The standard InChI is InChI=1S/C29H32F3N5O2/c1-16-17(2)35-25-22(34-16)23(27-12-28(13-27,14-27)29(30,31)32)36-24(37-25)18-6-9-38-20(10-18)19-4-5-21(33-11-19)39-15-26(3)7-8-26/h4-5,11,18,20H,6-10,12-15H2,1-3H3/t18-,20+,27?,28?/m0/s1. The Labute approximate surface area is 225 Å². The monoisotopic (exact) mass is 539 g/mol. The van der Waals surface area contributed by atoms with Gasteiger partial charge in [0.1, 0.15) is 11.3 Å². The molecule has 3 aromatic heterocycles. The quantitative estimate of drug-likeness (QED) is 0.367. The molecule has 5 fully saturated rings. The van der Waals surface area contributed by atoms with Gasteiger partial charge in [-0.25, -0.2) is 24.9 Å². The van der Waals surface area contributed by atoms with Crippen LogP contribution in [-0.2, 0) is 10.2 Å². The van der Waals surface area contributed by atoms with E-state index in [0.717, 1.165) is 23.4 Å². The molecule has 3 aromatic rings. The maximum Gasteiger partial charge on any atom is 0.394 e. The molecular weight excluding hydrogens is 507 g/mol. The lowest BCUT2D eigenvalue weighted by Gasteiger charge is -2.70. The van der Waals surface area contributed by atoms with E-state index in [9.17, 15) is 13.2 Å². The third-order valence-electron chi connectivity index (χ3n) is 9.55. The van der Waals surface area contributed by atoms with E-state index in [2.05, 4.69) is 16.9 Å². The summed E-state index contributed by atoms with van der Waals surface area (Å²) in [6, 6.07) is 3.88. The number of alkyl halides is 3. The zero-order valence-corrected chi connectivity index (χ0v) is 22.4. The first-order chi connectivity index (χ1) is 18.5. The average molecular weight is 540 g/mol. The number of nitrogens with zero attached hydrogens (tertiary/aromatic N) is 5. The number of fused-ring (bicyclic) bond motifs is 1. The SMILES string of the molecule is Cc1nc2nc([C@H]3CCO[C@@H](c4ccc(OCC5(C)CC5)nc4)C3)nc(C34CC(C(F)(F)F)(C3)C4)c2nc1C. The van der Waals surface area contributed by atoms with E-state index in [1.165, 1.54) is 12.8 Å². The molecular formula is C29H32F3N5O2. The largest absolute Gasteiger partial charge is 0.477 e. The van der Waals surface area contributed by atoms with Gasteiger partial charge in [-0.15, -0.1) is 0 Å². The van der Waals surface area contributed by atoms with Crippen LogP contribution in [0.2, 0.25) is 0 Å². The molecule has 0 unspecified atom stereocenters. The number of halogens is 3. The first kappa shape index (κ1) is 25.1. The third-order valence-corrected chi connectivity index (χ3v) is 9.55. The van der Waals surface area contributed by atoms with E-state index < -0.39 is 17.0 Å². The van der Waals surface area contributed by atoms with Crippen molar-refractivity contribution in [1.29, 1.82) is 0 Å². The molecule has 4 saturated carbocycles. The second-order valence-electron chi connectivity index (χ2n) is 12.7. The van der Waals surface area contributed by atoms with Crippen LogP contribution in [0, 0.1) is 24.7 Å². The van der Waals surface area contributed by atoms with Crippen LogP contribution in [0.3, 0.4) is 0 Å². The van der Waals surface area contributed by atoms with Gasteiger partial charge in [-0.1, -0.05) is 6.92 Å². The van der Waals surface area contributed by atoms with Gasteiger partial charge in [0.25, 0.3) is 0 Å². The Balaban J connectivity index is 1.15. The number of ether oxygens (including phenoxy) is 2. The molecule has 0 radical (unpaired) electrons. The van der Waals surface area contributed by atoms with Gasteiger partial charge in [0.15, 0.2) is 5.65 Å². The minimum absolute atomic E-state index is 0.00928. The molecule has 0 aromatic carbocycles. The maximum absolute atomic E-state index is 13.6. The van der Waals surface area contributed by atoms with E-state index in [0.29, 0.717) is 48.2 Å². The number of aryl methyl sites for hydroxylation is 2. The predicted molar refractivity (Wildman–Crippen MR) is 136 cm³/mol. The second-order valence-corrected chi connectivity index (χ2v) is 12.7. The first-order valence-electron chi connectivity index (χ1n) is 13.8. The summed E-state index contributed by atoms with van der Waals surface area (Å²) in [5.74, 6) is 1.23. The average Bonchev–Trinajstić information content (AvgIpc) is 3.59. The van der Waals surface area contributed by atoms with Crippen molar-refractivity contribution in [3.05, 3.63) is 46.8 Å². The molecule has 2 atom stereocenters. The Morgan fingerprint density at radius 1 is 1.03 bits per heavy atom. The molecule has 5 aliphatic rings. The molecule has 0 spiro atoms. The lowest BCUT2D eigenvalue weighted by Crippen LogP contribution is -2.70. The summed E-state index contributed by atoms with van der Waals surface area (Å²) >= 11 is 0. The Hall–Kier alpha value is -2.88. The second kappa shape index (κ2) is 8.32. The molecule has 0 amide bonds. The van der Waals surface area contributed by atoms with Crippen molar-refractivity contribution in [2.45, 2.75) is 89.3 Å². The van der Waals surface area contributed by atoms with Crippen molar-refractivity contribution in [3.63, 3.8) is 0 Å². The van der Waals surface area contributed by atoms with Crippen LogP contribution in [-0.4, -0.2) is 44.3 Å². The molecule has 0 N–H and O–H groups in total. The van der Waals surface area contributed by atoms with Gasteiger partial charge < -0.3 is 9.47 Å². The van der Waals surface area contributed by atoms with Gasteiger partial charge >= 0.3 is 6.18 Å². The summed E-state index contributed by atoms with van der Waals surface area (Å²) in [5.41, 5.74) is 2.24. The van der Waals surface area contributed by atoms with Gasteiger partial charge in [-0.05, 0) is 70.4 Å². The van der Waals surface area contributed by atoms with Crippen LogP contribution in [0.25, 0.3) is 11.2 Å². The third kappa shape index (κ3) is 4.08. The molecule has 1 aliphatic heterocycles. The van der Waals surface area contributed by atoms with Gasteiger partial charge in [-0.2, -0.15) is 13.2 Å². The molecule has 39 heavy (non-hydrogen) atoms. The topological polar surface area (TPSA) is 82.9 Å². The maximum atomic E-state index is 13.6. The highest BCUT2D eigenvalue weighted by molar-refractivity contribution is 5.75. The fourth-order valence-electron chi connectivity index (χ4n) is 6.56. The normalized spacial score (nSPS) is 30.9. The van der Waals surface area contributed by atoms with Crippen LogP contribution >= 0.6 is 0 Å².